The number of benzene rings is 1. The van der Waals surface area contributed by atoms with Crippen molar-refractivity contribution in [1.82, 2.24) is 4.98 Å². The van der Waals surface area contributed by atoms with E-state index in [9.17, 15) is 8.78 Å². The molecule has 0 aliphatic carbocycles. The molecule has 0 bridgehead atoms. The summed E-state index contributed by atoms with van der Waals surface area (Å²) in [6.45, 7) is 2.37. The molecule has 0 spiro atoms. The molecule has 2 aromatic rings. The third kappa shape index (κ3) is 3.01. The minimum absolute atomic E-state index is 0.262. The molecule has 0 amide bonds. The molecule has 0 aliphatic heterocycles. The van der Waals surface area contributed by atoms with Gasteiger partial charge in [0.25, 0.3) is 0 Å². The Labute approximate surface area is 110 Å². The number of nitrogens with zero attached hydrogens (tertiary/aromatic N) is 1. The van der Waals surface area contributed by atoms with Gasteiger partial charge in [-0.15, -0.1) is 11.3 Å². The Hall–Kier alpha value is -1.01. The second-order valence-electron chi connectivity index (χ2n) is 3.44. The fourth-order valence-electron chi connectivity index (χ4n) is 1.37. The lowest BCUT2D eigenvalue weighted by molar-refractivity contribution is 0.583. The van der Waals surface area contributed by atoms with E-state index in [0.29, 0.717) is 11.0 Å². The fourth-order valence-corrected chi connectivity index (χ4v) is 2.66. The van der Waals surface area contributed by atoms with Crippen LogP contribution in [0.3, 0.4) is 0 Å². The number of nitrogens with one attached hydrogen (secondary N) is 1. The van der Waals surface area contributed by atoms with E-state index in [0.717, 1.165) is 16.0 Å². The van der Waals surface area contributed by atoms with E-state index in [1.807, 2.05) is 6.92 Å². The molecule has 0 unspecified atom stereocenters. The molecule has 0 atom stereocenters. The van der Waals surface area contributed by atoms with Crippen molar-refractivity contribution in [3.8, 4) is 0 Å². The third-order valence-electron chi connectivity index (χ3n) is 2.12. The minimum Gasteiger partial charge on any atom is -0.377 e. The molecule has 0 fully saturated rings. The van der Waals surface area contributed by atoms with Crippen LogP contribution in [-0.4, -0.2) is 4.98 Å². The molecular formula is C11H9BrF2N2S. The van der Waals surface area contributed by atoms with E-state index in [1.165, 1.54) is 17.4 Å². The van der Waals surface area contributed by atoms with Crippen molar-refractivity contribution in [2.75, 3.05) is 5.32 Å². The number of aryl methyl sites for hydroxylation is 1. The van der Waals surface area contributed by atoms with Crippen molar-refractivity contribution in [1.29, 1.82) is 0 Å². The zero-order chi connectivity index (χ0) is 12.4. The molecule has 2 rings (SSSR count). The highest BCUT2D eigenvalue weighted by Crippen LogP contribution is 2.27. The largest absolute Gasteiger partial charge is 0.377 e. The smallest absolute Gasteiger partial charge is 0.150 e. The van der Waals surface area contributed by atoms with E-state index in [2.05, 4.69) is 26.2 Å². The summed E-state index contributed by atoms with van der Waals surface area (Å²) in [4.78, 5) is 5.10. The third-order valence-corrected chi connectivity index (χ3v) is 3.65. The lowest BCUT2D eigenvalue weighted by Crippen LogP contribution is -2.01. The van der Waals surface area contributed by atoms with Crippen LogP contribution < -0.4 is 5.32 Å². The second kappa shape index (κ2) is 5.10. The van der Waals surface area contributed by atoms with Crippen LogP contribution in [0, 0.1) is 18.6 Å². The normalized spacial score (nSPS) is 10.6. The predicted octanol–water partition coefficient (Wildman–Crippen LogP) is 4.10. The molecule has 6 heteroatoms. The van der Waals surface area contributed by atoms with E-state index in [1.54, 1.807) is 6.20 Å². The van der Waals surface area contributed by atoms with Crippen molar-refractivity contribution >= 4 is 33.0 Å². The number of aromatic nitrogens is 1. The van der Waals surface area contributed by atoms with Gasteiger partial charge in [0, 0.05) is 21.6 Å². The molecule has 1 aromatic carbocycles. The van der Waals surface area contributed by atoms with E-state index in [4.69, 9.17) is 0 Å². The predicted molar refractivity (Wildman–Crippen MR) is 68.2 cm³/mol. The number of rotatable bonds is 3. The highest BCUT2D eigenvalue weighted by molar-refractivity contribution is 9.10. The Bertz CT molecular complexity index is 519. The van der Waals surface area contributed by atoms with Gasteiger partial charge in [0.1, 0.15) is 11.6 Å². The summed E-state index contributed by atoms with van der Waals surface area (Å²) in [6, 6.07) is 2.08. The van der Waals surface area contributed by atoms with E-state index >= 15 is 0 Å². The summed E-state index contributed by atoms with van der Waals surface area (Å²) >= 11 is 4.66. The molecular weight excluding hydrogens is 310 g/mol. The van der Waals surface area contributed by atoms with E-state index in [-0.39, 0.29) is 5.69 Å². The molecule has 0 saturated carbocycles. The zero-order valence-corrected chi connectivity index (χ0v) is 11.3. The molecule has 0 aliphatic rings. The molecule has 1 heterocycles. The van der Waals surface area contributed by atoms with Crippen molar-refractivity contribution in [3.05, 3.63) is 44.3 Å². The van der Waals surface area contributed by atoms with Gasteiger partial charge in [-0.05, 0) is 28.9 Å². The highest BCUT2D eigenvalue weighted by atomic mass is 79.9. The first kappa shape index (κ1) is 12.4. The summed E-state index contributed by atoms with van der Waals surface area (Å²) in [5.74, 6) is -1.22. The quantitative estimate of drug-likeness (QED) is 0.921. The summed E-state index contributed by atoms with van der Waals surface area (Å²) in [7, 11) is 0. The van der Waals surface area contributed by atoms with E-state index < -0.39 is 11.6 Å². The van der Waals surface area contributed by atoms with Crippen LogP contribution >= 0.6 is 27.3 Å². The van der Waals surface area contributed by atoms with Gasteiger partial charge in [-0.3, -0.25) is 0 Å². The monoisotopic (exact) mass is 318 g/mol. The number of halogens is 3. The van der Waals surface area contributed by atoms with Crippen molar-refractivity contribution in [3.63, 3.8) is 0 Å². The summed E-state index contributed by atoms with van der Waals surface area (Å²) < 4.78 is 26.7. The van der Waals surface area contributed by atoms with Crippen LogP contribution in [0.15, 0.2) is 22.8 Å². The summed E-state index contributed by atoms with van der Waals surface area (Å²) in [6.07, 6.45) is 1.74. The number of anilines is 1. The maximum absolute atomic E-state index is 13.5. The van der Waals surface area contributed by atoms with Crippen molar-refractivity contribution < 1.29 is 8.78 Å². The molecule has 1 N–H and O–H groups in total. The number of thiazole rings is 1. The lowest BCUT2D eigenvalue weighted by atomic mass is 10.3. The average molecular weight is 319 g/mol. The van der Waals surface area contributed by atoms with Crippen LogP contribution in [0.4, 0.5) is 14.5 Å². The first-order valence-electron chi connectivity index (χ1n) is 4.86. The molecule has 1 aromatic heterocycles. The van der Waals surface area contributed by atoms with Crippen LogP contribution in [0.5, 0.6) is 0 Å². The summed E-state index contributed by atoms with van der Waals surface area (Å²) in [5.41, 5.74) is 0.262. The van der Waals surface area contributed by atoms with Gasteiger partial charge in [0.05, 0.1) is 17.2 Å². The first-order valence-corrected chi connectivity index (χ1v) is 6.47. The Morgan fingerprint density at radius 2 is 2.18 bits per heavy atom. The van der Waals surface area contributed by atoms with Gasteiger partial charge in [0.15, 0.2) is 0 Å². The van der Waals surface area contributed by atoms with Crippen LogP contribution in [0.25, 0.3) is 0 Å². The maximum Gasteiger partial charge on any atom is 0.150 e. The first-order chi connectivity index (χ1) is 8.06. The van der Waals surface area contributed by atoms with Gasteiger partial charge in [-0.25, -0.2) is 13.8 Å². The van der Waals surface area contributed by atoms with Gasteiger partial charge in [-0.1, -0.05) is 0 Å². The maximum atomic E-state index is 13.5. The van der Waals surface area contributed by atoms with Crippen molar-refractivity contribution in [2.45, 2.75) is 13.5 Å². The van der Waals surface area contributed by atoms with Crippen LogP contribution in [-0.2, 0) is 6.54 Å². The molecule has 0 saturated heterocycles. The van der Waals surface area contributed by atoms with Crippen LogP contribution in [0.1, 0.15) is 9.88 Å². The Morgan fingerprint density at radius 1 is 1.41 bits per heavy atom. The fraction of sp³-hybridized carbons (Fsp3) is 0.182. The molecule has 90 valence electrons. The lowest BCUT2D eigenvalue weighted by Gasteiger charge is -2.08. The number of hydrogen-bond acceptors (Lipinski definition) is 3. The topological polar surface area (TPSA) is 24.9 Å². The van der Waals surface area contributed by atoms with Gasteiger partial charge >= 0.3 is 0 Å². The Balaban J connectivity index is 2.14. The molecule has 17 heavy (non-hydrogen) atoms. The van der Waals surface area contributed by atoms with Gasteiger partial charge < -0.3 is 5.32 Å². The molecule has 2 nitrogen and oxygen atoms in total. The van der Waals surface area contributed by atoms with Gasteiger partial charge in [0.2, 0.25) is 0 Å². The van der Waals surface area contributed by atoms with Crippen LogP contribution in [0.2, 0.25) is 0 Å². The average Bonchev–Trinajstić information content (AvgIpc) is 2.62. The van der Waals surface area contributed by atoms with Gasteiger partial charge in [-0.2, -0.15) is 0 Å². The minimum atomic E-state index is -0.613. The Morgan fingerprint density at radius 3 is 2.76 bits per heavy atom. The standard InChI is InChI=1S/C11H9BrF2N2S/c1-6-15-4-8(17-6)5-16-11-9(12)2-7(13)3-10(11)14/h2-4,16H,5H2,1H3. The SMILES string of the molecule is Cc1ncc(CNc2c(F)cc(F)cc2Br)s1. The second-order valence-corrected chi connectivity index (χ2v) is 5.62. The van der Waals surface area contributed by atoms with Crippen molar-refractivity contribution in [2.24, 2.45) is 0 Å². The molecule has 0 radical (unpaired) electrons. The Kier molecular flexibility index (Phi) is 3.73. The highest BCUT2D eigenvalue weighted by Gasteiger charge is 2.09. The summed E-state index contributed by atoms with van der Waals surface area (Å²) in [5, 5.41) is 3.88. The number of hydrogen-bond donors (Lipinski definition) is 1. The zero-order valence-electron chi connectivity index (χ0n) is 8.93.